The lowest BCUT2D eigenvalue weighted by Gasteiger charge is -2.32. The molecular weight excluding hydrogens is 392 g/mol. The maximum Gasteiger partial charge on any atom is 0.0684 e. The van der Waals surface area contributed by atoms with E-state index < -0.39 is 0 Å². The van der Waals surface area contributed by atoms with Gasteiger partial charge in [-0.3, -0.25) is 4.98 Å². The molecule has 21 heavy (non-hydrogen) atoms. The molecule has 1 N–H and O–H groups in total. The number of halogens is 2. The van der Waals surface area contributed by atoms with Crippen LogP contribution in [0, 0.1) is 5.41 Å². The van der Waals surface area contributed by atoms with E-state index >= 15 is 0 Å². The van der Waals surface area contributed by atoms with Gasteiger partial charge in [0.25, 0.3) is 0 Å². The van der Waals surface area contributed by atoms with Gasteiger partial charge in [-0.15, -0.1) is 0 Å². The summed E-state index contributed by atoms with van der Waals surface area (Å²) in [7, 11) is 0. The van der Waals surface area contributed by atoms with Crippen LogP contribution < -0.4 is 5.32 Å². The van der Waals surface area contributed by atoms with E-state index in [2.05, 4.69) is 93.3 Å². The van der Waals surface area contributed by atoms with Crippen molar-refractivity contribution in [3.05, 3.63) is 62.8 Å². The maximum atomic E-state index is 4.47. The predicted octanol–water partition coefficient (Wildman–Crippen LogP) is 5.48. The van der Waals surface area contributed by atoms with E-state index in [0.29, 0.717) is 0 Å². The van der Waals surface area contributed by atoms with Crippen molar-refractivity contribution in [2.24, 2.45) is 5.41 Å². The van der Waals surface area contributed by atoms with Gasteiger partial charge in [0.2, 0.25) is 0 Å². The summed E-state index contributed by atoms with van der Waals surface area (Å²) in [4.78, 5) is 4.47. The summed E-state index contributed by atoms with van der Waals surface area (Å²) in [5.41, 5.74) is 2.45. The molecule has 2 aromatic rings. The first-order valence-corrected chi connectivity index (χ1v) is 8.55. The van der Waals surface area contributed by atoms with Crippen LogP contribution in [0.25, 0.3) is 0 Å². The third kappa shape index (κ3) is 4.63. The van der Waals surface area contributed by atoms with E-state index in [1.165, 1.54) is 5.56 Å². The van der Waals surface area contributed by atoms with Crippen LogP contribution in [0.1, 0.15) is 38.1 Å². The number of nitrogens with one attached hydrogen (secondary N) is 1. The van der Waals surface area contributed by atoms with Crippen LogP contribution in [0.4, 0.5) is 0 Å². The van der Waals surface area contributed by atoms with Gasteiger partial charge in [-0.25, -0.2) is 0 Å². The molecule has 0 amide bonds. The Bertz CT molecular complexity index is 591. The average molecular weight is 412 g/mol. The fourth-order valence-corrected chi connectivity index (χ4v) is 3.47. The lowest BCUT2D eigenvalue weighted by atomic mass is 9.82. The summed E-state index contributed by atoms with van der Waals surface area (Å²) in [6.45, 7) is 7.48. The predicted molar refractivity (Wildman–Crippen MR) is 95.1 cm³/mol. The molecule has 0 bridgehead atoms. The fraction of sp³-hybridized carbons (Fsp3) is 0.353. The third-order valence-corrected chi connectivity index (χ3v) is 4.48. The summed E-state index contributed by atoms with van der Waals surface area (Å²) in [5, 5.41) is 3.64. The Kier molecular flexibility index (Phi) is 5.58. The van der Waals surface area contributed by atoms with Crippen molar-refractivity contribution in [1.82, 2.24) is 10.3 Å². The van der Waals surface area contributed by atoms with Crippen LogP contribution >= 0.6 is 31.9 Å². The van der Waals surface area contributed by atoms with Gasteiger partial charge in [-0.2, -0.15) is 0 Å². The number of pyridine rings is 1. The maximum absolute atomic E-state index is 4.47. The molecule has 1 aromatic heterocycles. The van der Waals surface area contributed by atoms with Gasteiger partial charge in [0, 0.05) is 27.7 Å². The van der Waals surface area contributed by atoms with Gasteiger partial charge in [0.15, 0.2) is 0 Å². The summed E-state index contributed by atoms with van der Waals surface area (Å²) < 4.78 is 2.00. The van der Waals surface area contributed by atoms with Crippen LogP contribution in [0.2, 0.25) is 0 Å². The number of rotatable bonds is 4. The molecule has 1 heterocycles. The lowest BCUT2D eigenvalue weighted by molar-refractivity contribution is 0.270. The zero-order valence-corrected chi connectivity index (χ0v) is 15.7. The van der Waals surface area contributed by atoms with Crippen LogP contribution in [-0.2, 0) is 6.54 Å². The summed E-state index contributed by atoms with van der Waals surface area (Å²) in [6, 6.07) is 12.9. The van der Waals surface area contributed by atoms with Crippen molar-refractivity contribution in [2.75, 3.05) is 0 Å². The fourth-order valence-electron chi connectivity index (χ4n) is 2.34. The molecule has 0 aliphatic carbocycles. The van der Waals surface area contributed by atoms with Gasteiger partial charge in [-0.1, -0.05) is 51.1 Å². The Morgan fingerprint density at radius 3 is 2.38 bits per heavy atom. The molecule has 0 aliphatic heterocycles. The minimum absolute atomic E-state index is 0.128. The highest BCUT2D eigenvalue weighted by molar-refractivity contribution is 9.11. The summed E-state index contributed by atoms with van der Waals surface area (Å²) in [5.74, 6) is 0. The standard InChI is InChI=1S/C17H20Br2N2/c1-17(2,3)16(12-7-5-4-6-8-12)21-11-15-14(19)9-13(18)10-20-15/h4-10,16,21H,11H2,1-3H3. The molecule has 1 atom stereocenters. The van der Waals surface area contributed by atoms with Crippen LogP contribution in [0.5, 0.6) is 0 Å². The first kappa shape index (κ1) is 16.7. The van der Waals surface area contributed by atoms with Gasteiger partial charge < -0.3 is 5.32 Å². The lowest BCUT2D eigenvalue weighted by Crippen LogP contribution is -2.32. The van der Waals surface area contributed by atoms with Crippen LogP contribution in [-0.4, -0.2) is 4.98 Å². The number of aromatic nitrogens is 1. The monoisotopic (exact) mass is 410 g/mol. The van der Waals surface area contributed by atoms with Crippen molar-refractivity contribution in [2.45, 2.75) is 33.4 Å². The van der Waals surface area contributed by atoms with Crippen molar-refractivity contribution >= 4 is 31.9 Å². The molecule has 2 rings (SSSR count). The minimum atomic E-state index is 0.128. The van der Waals surface area contributed by atoms with E-state index in [0.717, 1.165) is 21.2 Å². The Morgan fingerprint density at radius 1 is 1.14 bits per heavy atom. The number of hydrogen-bond donors (Lipinski definition) is 1. The van der Waals surface area contributed by atoms with E-state index in [-0.39, 0.29) is 11.5 Å². The van der Waals surface area contributed by atoms with Gasteiger partial charge in [0.1, 0.15) is 0 Å². The molecule has 4 heteroatoms. The molecule has 112 valence electrons. The number of benzene rings is 1. The quantitative estimate of drug-likeness (QED) is 0.719. The Morgan fingerprint density at radius 2 is 1.81 bits per heavy atom. The average Bonchev–Trinajstić information content (AvgIpc) is 2.41. The number of hydrogen-bond acceptors (Lipinski definition) is 2. The SMILES string of the molecule is CC(C)(C)C(NCc1ncc(Br)cc1Br)c1ccccc1. The third-order valence-electron chi connectivity index (χ3n) is 3.36. The van der Waals surface area contributed by atoms with Crippen molar-refractivity contribution in [3.63, 3.8) is 0 Å². The second-order valence-electron chi connectivity index (χ2n) is 6.17. The van der Waals surface area contributed by atoms with Gasteiger partial charge in [-0.05, 0) is 48.9 Å². The van der Waals surface area contributed by atoms with Gasteiger partial charge in [0.05, 0.1) is 5.69 Å². The molecule has 2 nitrogen and oxygen atoms in total. The highest BCUT2D eigenvalue weighted by Gasteiger charge is 2.25. The molecule has 1 aromatic carbocycles. The second kappa shape index (κ2) is 7.03. The van der Waals surface area contributed by atoms with Crippen LogP contribution in [0.15, 0.2) is 51.5 Å². The Hall–Kier alpha value is -0.710. The molecule has 0 saturated carbocycles. The molecule has 0 fully saturated rings. The van der Waals surface area contributed by atoms with Gasteiger partial charge >= 0.3 is 0 Å². The Labute approximate surface area is 143 Å². The smallest absolute Gasteiger partial charge is 0.0684 e. The highest BCUT2D eigenvalue weighted by atomic mass is 79.9. The molecule has 0 aliphatic rings. The summed E-state index contributed by atoms with van der Waals surface area (Å²) in [6.07, 6.45) is 1.83. The first-order valence-electron chi connectivity index (χ1n) is 6.96. The van der Waals surface area contributed by atoms with E-state index in [4.69, 9.17) is 0 Å². The van der Waals surface area contributed by atoms with Crippen LogP contribution in [0.3, 0.4) is 0 Å². The molecule has 1 unspecified atom stereocenters. The first-order chi connectivity index (χ1) is 9.88. The Balaban J connectivity index is 2.17. The van der Waals surface area contributed by atoms with E-state index in [1.807, 2.05) is 12.3 Å². The summed E-state index contributed by atoms with van der Waals surface area (Å²) >= 11 is 7.00. The van der Waals surface area contributed by atoms with Crippen molar-refractivity contribution in [3.8, 4) is 0 Å². The van der Waals surface area contributed by atoms with Crippen molar-refractivity contribution < 1.29 is 0 Å². The molecule has 0 saturated heterocycles. The minimum Gasteiger partial charge on any atom is -0.304 e. The normalized spacial score (nSPS) is 13.2. The van der Waals surface area contributed by atoms with E-state index in [9.17, 15) is 0 Å². The molecule has 0 spiro atoms. The largest absolute Gasteiger partial charge is 0.304 e. The zero-order chi connectivity index (χ0) is 15.5. The highest BCUT2D eigenvalue weighted by Crippen LogP contribution is 2.33. The molecular formula is C17H20Br2N2. The van der Waals surface area contributed by atoms with E-state index in [1.54, 1.807) is 0 Å². The zero-order valence-electron chi connectivity index (χ0n) is 12.5. The topological polar surface area (TPSA) is 24.9 Å². The number of nitrogens with zero attached hydrogens (tertiary/aromatic N) is 1. The van der Waals surface area contributed by atoms with Crippen molar-refractivity contribution in [1.29, 1.82) is 0 Å². The second-order valence-corrected chi connectivity index (χ2v) is 7.94. The molecule has 0 radical (unpaired) electrons.